The van der Waals surface area contributed by atoms with Gasteiger partial charge in [0.05, 0.1) is 31.3 Å². The number of unbranched alkanes of at least 4 members (excludes halogenated alkanes) is 1. The number of hydrogen-bond donors (Lipinski definition) is 1. The summed E-state index contributed by atoms with van der Waals surface area (Å²) < 4.78 is 5.24. The van der Waals surface area contributed by atoms with Gasteiger partial charge in [-0.2, -0.15) is 0 Å². The van der Waals surface area contributed by atoms with E-state index in [0.29, 0.717) is 18.9 Å². The van der Waals surface area contributed by atoms with E-state index in [4.69, 9.17) is 4.74 Å². The molecule has 1 N–H and O–H groups in total. The van der Waals surface area contributed by atoms with Crippen LogP contribution < -0.4 is 10.1 Å². The van der Waals surface area contributed by atoms with Gasteiger partial charge in [-0.3, -0.25) is 9.59 Å². The SMILES string of the molecule is CCCCN1C(=O)CC(C(=O)NCc2ccnc(C)n2)C1c1ccc(OC)cc1. The quantitative estimate of drug-likeness (QED) is 0.742. The van der Waals surface area contributed by atoms with Crippen molar-refractivity contribution in [1.82, 2.24) is 20.2 Å². The zero-order valence-corrected chi connectivity index (χ0v) is 17.2. The Kier molecular flexibility index (Phi) is 6.80. The fourth-order valence-corrected chi connectivity index (χ4v) is 3.74. The van der Waals surface area contributed by atoms with Crippen LogP contribution in [0.1, 0.15) is 49.3 Å². The number of carbonyl (C=O) groups excluding carboxylic acids is 2. The number of amides is 2. The van der Waals surface area contributed by atoms with Crippen LogP contribution >= 0.6 is 0 Å². The zero-order valence-electron chi connectivity index (χ0n) is 17.2. The molecular formula is C22H28N4O3. The first-order chi connectivity index (χ1) is 14.0. The van der Waals surface area contributed by atoms with Gasteiger partial charge in [0.2, 0.25) is 11.8 Å². The summed E-state index contributed by atoms with van der Waals surface area (Å²) in [5.74, 6) is 0.871. The van der Waals surface area contributed by atoms with E-state index in [1.165, 1.54) is 0 Å². The minimum Gasteiger partial charge on any atom is -0.497 e. The van der Waals surface area contributed by atoms with Crippen LogP contribution in [-0.2, 0) is 16.1 Å². The number of likely N-dealkylation sites (tertiary alicyclic amines) is 1. The molecule has 3 rings (SSSR count). The summed E-state index contributed by atoms with van der Waals surface area (Å²) in [4.78, 5) is 36.0. The minimum absolute atomic E-state index is 0.0253. The van der Waals surface area contributed by atoms with Gasteiger partial charge in [-0.05, 0) is 37.1 Å². The summed E-state index contributed by atoms with van der Waals surface area (Å²) in [5.41, 5.74) is 1.70. The first kappa shape index (κ1) is 20.8. The first-order valence-corrected chi connectivity index (χ1v) is 10.0. The monoisotopic (exact) mass is 396 g/mol. The molecule has 0 saturated carbocycles. The van der Waals surface area contributed by atoms with Crippen molar-refractivity contribution in [3.8, 4) is 5.75 Å². The highest BCUT2D eigenvalue weighted by Crippen LogP contribution is 2.39. The summed E-state index contributed by atoms with van der Waals surface area (Å²) in [6, 6.07) is 9.13. The Bertz CT molecular complexity index is 853. The van der Waals surface area contributed by atoms with Gasteiger partial charge < -0.3 is 15.0 Å². The van der Waals surface area contributed by atoms with Crippen molar-refractivity contribution in [3.05, 3.63) is 53.6 Å². The van der Waals surface area contributed by atoms with Crippen LogP contribution in [0.4, 0.5) is 0 Å². The van der Waals surface area contributed by atoms with E-state index in [0.717, 1.165) is 29.8 Å². The fourth-order valence-electron chi connectivity index (χ4n) is 3.74. The average molecular weight is 396 g/mol. The molecule has 2 atom stereocenters. The Morgan fingerprint density at radius 3 is 2.69 bits per heavy atom. The van der Waals surface area contributed by atoms with Crippen LogP contribution in [0.3, 0.4) is 0 Å². The molecule has 0 aliphatic carbocycles. The summed E-state index contributed by atoms with van der Waals surface area (Å²) >= 11 is 0. The van der Waals surface area contributed by atoms with Crippen LogP contribution in [0, 0.1) is 12.8 Å². The number of nitrogens with zero attached hydrogens (tertiary/aromatic N) is 3. The lowest BCUT2D eigenvalue weighted by atomic mass is 9.92. The largest absolute Gasteiger partial charge is 0.497 e. The highest BCUT2D eigenvalue weighted by molar-refractivity contribution is 5.90. The molecule has 0 spiro atoms. The van der Waals surface area contributed by atoms with E-state index in [1.54, 1.807) is 19.4 Å². The standard InChI is InChI=1S/C22H28N4O3/c1-4-5-12-26-20(27)13-19(21(26)16-6-8-18(29-3)9-7-16)22(28)24-14-17-10-11-23-15(2)25-17/h6-11,19,21H,4-5,12-14H2,1-3H3,(H,24,28). The number of carbonyl (C=O) groups is 2. The average Bonchev–Trinajstić information content (AvgIpc) is 3.06. The number of hydrogen-bond acceptors (Lipinski definition) is 5. The molecule has 7 nitrogen and oxygen atoms in total. The second kappa shape index (κ2) is 9.49. The van der Waals surface area contributed by atoms with Crippen LogP contribution in [0.5, 0.6) is 5.75 Å². The molecule has 154 valence electrons. The van der Waals surface area contributed by atoms with Gasteiger partial charge in [0.1, 0.15) is 11.6 Å². The van der Waals surface area contributed by atoms with Crippen LogP contribution in [0.15, 0.2) is 36.5 Å². The normalized spacial score (nSPS) is 18.7. The number of aryl methyl sites for hydroxylation is 1. The van der Waals surface area contributed by atoms with Crippen molar-refractivity contribution in [1.29, 1.82) is 0 Å². The summed E-state index contributed by atoms with van der Waals surface area (Å²) in [6.07, 6.45) is 3.79. The third kappa shape index (κ3) is 4.91. The molecule has 29 heavy (non-hydrogen) atoms. The number of rotatable bonds is 8. The molecule has 2 heterocycles. The number of ether oxygens (including phenoxy) is 1. The van der Waals surface area contributed by atoms with Crippen molar-refractivity contribution in [2.75, 3.05) is 13.7 Å². The predicted molar refractivity (Wildman–Crippen MR) is 109 cm³/mol. The minimum atomic E-state index is -0.435. The number of benzene rings is 1. The Labute approximate surface area is 171 Å². The first-order valence-electron chi connectivity index (χ1n) is 10.0. The Hall–Kier alpha value is -2.96. The molecule has 2 aromatic rings. The predicted octanol–water partition coefficient (Wildman–Crippen LogP) is 2.80. The van der Waals surface area contributed by atoms with E-state index in [-0.39, 0.29) is 24.3 Å². The molecule has 0 bridgehead atoms. The number of methoxy groups -OCH3 is 1. The smallest absolute Gasteiger partial charge is 0.226 e. The van der Waals surface area contributed by atoms with E-state index in [1.807, 2.05) is 36.1 Å². The van der Waals surface area contributed by atoms with Crippen molar-refractivity contribution in [2.45, 2.75) is 45.7 Å². The third-order valence-corrected chi connectivity index (χ3v) is 5.26. The molecular weight excluding hydrogens is 368 g/mol. The topological polar surface area (TPSA) is 84.4 Å². The molecule has 2 amide bonds. The molecule has 1 saturated heterocycles. The Balaban J connectivity index is 1.79. The lowest BCUT2D eigenvalue weighted by Crippen LogP contribution is -2.36. The van der Waals surface area contributed by atoms with E-state index in [2.05, 4.69) is 22.2 Å². The van der Waals surface area contributed by atoms with Crippen LogP contribution in [0.2, 0.25) is 0 Å². The maximum Gasteiger partial charge on any atom is 0.226 e. The Morgan fingerprint density at radius 1 is 1.28 bits per heavy atom. The molecule has 0 radical (unpaired) electrons. The van der Waals surface area contributed by atoms with Gasteiger partial charge >= 0.3 is 0 Å². The Morgan fingerprint density at radius 2 is 2.03 bits per heavy atom. The van der Waals surface area contributed by atoms with Crippen molar-refractivity contribution in [2.24, 2.45) is 5.92 Å². The van der Waals surface area contributed by atoms with Crippen molar-refractivity contribution in [3.63, 3.8) is 0 Å². The lowest BCUT2D eigenvalue weighted by Gasteiger charge is -2.28. The third-order valence-electron chi connectivity index (χ3n) is 5.26. The molecule has 1 aliphatic rings. The molecule has 1 aliphatic heterocycles. The van der Waals surface area contributed by atoms with Crippen LogP contribution in [-0.4, -0.2) is 40.3 Å². The summed E-state index contributed by atoms with van der Waals surface area (Å²) in [5, 5.41) is 2.95. The van der Waals surface area contributed by atoms with Crippen molar-refractivity contribution < 1.29 is 14.3 Å². The summed E-state index contributed by atoms with van der Waals surface area (Å²) in [6.45, 7) is 4.88. The summed E-state index contributed by atoms with van der Waals surface area (Å²) in [7, 11) is 1.62. The van der Waals surface area contributed by atoms with E-state index < -0.39 is 5.92 Å². The number of aromatic nitrogens is 2. The van der Waals surface area contributed by atoms with Gasteiger partial charge in [-0.15, -0.1) is 0 Å². The maximum atomic E-state index is 13.0. The molecule has 1 aromatic carbocycles. The second-order valence-corrected chi connectivity index (χ2v) is 7.28. The second-order valence-electron chi connectivity index (χ2n) is 7.28. The highest BCUT2D eigenvalue weighted by Gasteiger charge is 2.44. The van der Waals surface area contributed by atoms with Gasteiger partial charge in [0, 0.05) is 19.2 Å². The van der Waals surface area contributed by atoms with Gasteiger partial charge in [-0.25, -0.2) is 9.97 Å². The van der Waals surface area contributed by atoms with E-state index >= 15 is 0 Å². The van der Waals surface area contributed by atoms with Crippen molar-refractivity contribution >= 4 is 11.8 Å². The lowest BCUT2D eigenvalue weighted by molar-refractivity contribution is -0.129. The molecule has 1 fully saturated rings. The van der Waals surface area contributed by atoms with Crippen LogP contribution in [0.25, 0.3) is 0 Å². The van der Waals surface area contributed by atoms with E-state index in [9.17, 15) is 9.59 Å². The molecule has 7 heteroatoms. The zero-order chi connectivity index (χ0) is 20.8. The molecule has 2 unspecified atom stereocenters. The van der Waals surface area contributed by atoms with Gasteiger partial charge in [0.15, 0.2) is 0 Å². The van der Waals surface area contributed by atoms with Gasteiger partial charge in [-0.1, -0.05) is 25.5 Å². The fraction of sp³-hybridized carbons (Fsp3) is 0.455. The highest BCUT2D eigenvalue weighted by atomic mass is 16.5. The maximum absolute atomic E-state index is 13.0. The molecule has 1 aromatic heterocycles. The number of nitrogens with one attached hydrogen (secondary N) is 1. The van der Waals surface area contributed by atoms with Gasteiger partial charge in [0.25, 0.3) is 0 Å².